The van der Waals surface area contributed by atoms with Crippen LogP contribution < -0.4 is 5.32 Å². The van der Waals surface area contributed by atoms with Crippen LogP contribution in [0.1, 0.15) is 24.3 Å². The van der Waals surface area contributed by atoms with Gasteiger partial charge in [0.05, 0.1) is 0 Å². The van der Waals surface area contributed by atoms with Crippen molar-refractivity contribution in [2.24, 2.45) is 0 Å². The number of nitrogens with one attached hydrogen (secondary N) is 1. The molecule has 1 N–H and O–H groups in total. The van der Waals surface area contributed by atoms with E-state index in [2.05, 4.69) is 41.7 Å². The van der Waals surface area contributed by atoms with E-state index in [0.29, 0.717) is 6.04 Å². The maximum absolute atomic E-state index is 3.17. The quantitative estimate of drug-likeness (QED) is 0.728. The first-order chi connectivity index (χ1) is 6.75. The van der Waals surface area contributed by atoms with Crippen molar-refractivity contribution in [3.8, 4) is 0 Å². The lowest BCUT2D eigenvalue weighted by molar-refractivity contribution is 0.261. The number of nitrogens with zero attached hydrogens (tertiary/aromatic N) is 1. The number of thiophene rings is 1. The highest BCUT2D eigenvalue weighted by molar-refractivity contribution is 7.10. The zero-order chi connectivity index (χ0) is 10.4. The minimum absolute atomic E-state index is 0.548. The van der Waals surface area contributed by atoms with Crippen LogP contribution >= 0.6 is 11.3 Å². The first-order valence-electron chi connectivity index (χ1n) is 5.14. The van der Waals surface area contributed by atoms with E-state index < -0.39 is 0 Å². The van der Waals surface area contributed by atoms with Gasteiger partial charge in [-0.15, -0.1) is 11.3 Å². The van der Waals surface area contributed by atoms with Gasteiger partial charge in [-0.1, -0.05) is 6.07 Å². The van der Waals surface area contributed by atoms with E-state index in [-0.39, 0.29) is 0 Å². The predicted molar refractivity (Wildman–Crippen MR) is 63.9 cm³/mol. The minimum Gasteiger partial charge on any atom is -0.320 e. The van der Waals surface area contributed by atoms with Gasteiger partial charge in [-0.05, 0) is 52.0 Å². The van der Waals surface area contributed by atoms with Gasteiger partial charge in [0.2, 0.25) is 0 Å². The molecule has 0 aliphatic carbocycles. The second-order valence-corrected chi connectivity index (χ2v) is 4.61. The lowest BCUT2D eigenvalue weighted by Gasteiger charge is -2.23. The summed E-state index contributed by atoms with van der Waals surface area (Å²) in [7, 11) is 4.20. The normalized spacial score (nSPS) is 13.4. The van der Waals surface area contributed by atoms with Gasteiger partial charge in [-0.2, -0.15) is 0 Å². The largest absolute Gasteiger partial charge is 0.320 e. The number of rotatable bonds is 6. The van der Waals surface area contributed by atoms with Crippen LogP contribution in [0.25, 0.3) is 0 Å². The molecule has 3 heteroatoms. The van der Waals surface area contributed by atoms with Crippen LogP contribution in [-0.4, -0.2) is 32.1 Å². The molecule has 80 valence electrons. The molecule has 0 aromatic carbocycles. The molecule has 0 aliphatic rings. The fourth-order valence-corrected chi connectivity index (χ4v) is 2.29. The third-order valence-electron chi connectivity index (χ3n) is 2.55. The molecule has 14 heavy (non-hydrogen) atoms. The van der Waals surface area contributed by atoms with Gasteiger partial charge in [-0.3, -0.25) is 4.90 Å². The van der Waals surface area contributed by atoms with Crippen molar-refractivity contribution in [1.82, 2.24) is 10.2 Å². The lowest BCUT2D eigenvalue weighted by atomic mass is 10.2. The maximum atomic E-state index is 3.17. The molecule has 1 atom stereocenters. The SMILES string of the molecule is CNCCCN(C)C(C)c1cccs1. The van der Waals surface area contributed by atoms with Crippen molar-refractivity contribution < 1.29 is 0 Å². The Morgan fingerprint density at radius 2 is 2.36 bits per heavy atom. The van der Waals surface area contributed by atoms with Gasteiger partial charge in [-0.25, -0.2) is 0 Å². The van der Waals surface area contributed by atoms with Crippen molar-refractivity contribution in [2.75, 3.05) is 27.2 Å². The van der Waals surface area contributed by atoms with Gasteiger partial charge in [0.25, 0.3) is 0 Å². The average molecular weight is 212 g/mol. The van der Waals surface area contributed by atoms with E-state index in [1.54, 1.807) is 0 Å². The molecule has 2 nitrogen and oxygen atoms in total. The molecule has 0 aliphatic heterocycles. The molecular weight excluding hydrogens is 192 g/mol. The van der Waals surface area contributed by atoms with Crippen molar-refractivity contribution in [2.45, 2.75) is 19.4 Å². The fourth-order valence-electron chi connectivity index (χ4n) is 1.45. The second kappa shape index (κ2) is 6.17. The maximum Gasteiger partial charge on any atom is 0.0410 e. The third-order valence-corrected chi connectivity index (χ3v) is 3.60. The fraction of sp³-hybridized carbons (Fsp3) is 0.636. The summed E-state index contributed by atoms with van der Waals surface area (Å²) in [6, 6.07) is 4.88. The van der Waals surface area contributed by atoms with Crippen LogP contribution in [0.5, 0.6) is 0 Å². The molecule has 1 aromatic rings. The highest BCUT2D eigenvalue weighted by Gasteiger charge is 2.11. The first-order valence-corrected chi connectivity index (χ1v) is 6.02. The van der Waals surface area contributed by atoms with Gasteiger partial charge >= 0.3 is 0 Å². The minimum atomic E-state index is 0.548. The van der Waals surface area contributed by atoms with Gasteiger partial charge in [0.1, 0.15) is 0 Å². The smallest absolute Gasteiger partial charge is 0.0410 e. The molecule has 0 saturated heterocycles. The van der Waals surface area contributed by atoms with Crippen molar-refractivity contribution >= 4 is 11.3 Å². The summed E-state index contributed by atoms with van der Waals surface area (Å²) < 4.78 is 0. The standard InChI is InChI=1S/C11H20N2S/c1-10(11-6-4-9-14-11)13(3)8-5-7-12-2/h4,6,9-10,12H,5,7-8H2,1-3H3. The molecule has 0 fully saturated rings. The summed E-state index contributed by atoms with van der Waals surface area (Å²) in [5.41, 5.74) is 0. The highest BCUT2D eigenvalue weighted by atomic mass is 32.1. The lowest BCUT2D eigenvalue weighted by Crippen LogP contribution is -2.25. The van der Waals surface area contributed by atoms with Gasteiger partial charge < -0.3 is 5.32 Å². The first kappa shape index (κ1) is 11.7. The highest BCUT2D eigenvalue weighted by Crippen LogP contribution is 2.22. The van der Waals surface area contributed by atoms with E-state index in [0.717, 1.165) is 13.1 Å². The Labute approximate surface area is 90.9 Å². The number of hydrogen-bond donors (Lipinski definition) is 1. The van der Waals surface area contributed by atoms with Crippen LogP contribution in [0.3, 0.4) is 0 Å². The van der Waals surface area contributed by atoms with Gasteiger partial charge in [0.15, 0.2) is 0 Å². The van der Waals surface area contributed by atoms with Crippen LogP contribution in [0.2, 0.25) is 0 Å². The van der Waals surface area contributed by atoms with Crippen molar-refractivity contribution in [1.29, 1.82) is 0 Å². The summed E-state index contributed by atoms with van der Waals surface area (Å²) in [5.74, 6) is 0. The Morgan fingerprint density at radius 3 is 2.93 bits per heavy atom. The van der Waals surface area contributed by atoms with E-state index in [1.807, 2.05) is 18.4 Å². The van der Waals surface area contributed by atoms with Gasteiger partial charge in [0, 0.05) is 10.9 Å². The Bertz CT molecular complexity index is 233. The zero-order valence-corrected chi connectivity index (χ0v) is 10.1. The molecule has 0 amide bonds. The van der Waals surface area contributed by atoms with E-state index in [9.17, 15) is 0 Å². The molecule has 0 bridgehead atoms. The van der Waals surface area contributed by atoms with Crippen molar-refractivity contribution in [3.05, 3.63) is 22.4 Å². The van der Waals surface area contributed by atoms with E-state index in [4.69, 9.17) is 0 Å². The Balaban J connectivity index is 2.33. The molecule has 1 heterocycles. The summed E-state index contributed by atoms with van der Waals surface area (Å²) in [6.07, 6.45) is 1.21. The predicted octanol–water partition coefficient (Wildman–Crippen LogP) is 2.35. The number of hydrogen-bond acceptors (Lipinski definition) is 3. The van der Waals surface area contributed by atoms with Crippen LogP contribution in [-0.2, 0) is 0 Å². The Hall–Kier alpha value is -0.380. The summed E-state index contributed by atoms with van der Waals surface area (Å²) in [5, 5.41) is 5.32. The molecule has 1 aromatic heterocycles. The average Bonchev–Trinajstić information content (AvgIpc) is 2.69. The topological polar surface area (TPSA) is 15.3 Å². The monoisotopic (exact) mass is 212 g/mol. The summed E-state index contributed by atoms with van der Waals surface area (Å²) in [6.45, 7) is 4.52. The molecule has 1 rings (SSSR count). The van der Waals surface area contributed by atoms with Crippen molar-refractivity contribution in [3.63, 3.8) is 0 Å². The molecular formula is C11H20N2S. The zero-order valence-electron chi connectivity index (χ0n) is 9.29. The molecule has 0 saturated carbocycles. The second-order valence-electron chi connectivity index (χ2n) is 3.63. The van der Waals surface area contributed by atoms with Crippen LogP contribution in [0.15, 0.2) is 17.5 Å². The summed E-state index contributed by atoms with van der Waals surface area (Å²) in [4.78, 5) is 3.86. The Kier molecular flexibility index (Phi) is 5.15. The molecule has 0 radical (unpaired) electrons. The van der Waals surface area contributed by atoms with Crippen LogP contribution in [0, 0.1) is 0 Å². The van der Waals surface area contributed by atoms with E-state index in [1.165, 1.54) is 11.3 Å². The third kappa shape index (κ3) is 3.40. The van der Waals surface area contributed by atoms with E-state index >= 15 is 0 Å². The molecule has 1 unspecified atom stereocenters. The molecule has 0 spiro atoms. The van der Waals surface area contributed by atoms with Crippen LogP contribution in [0.4, 0.5) is 0 Å². The summed E-state index contributed by atoms with van der Waals surface area (Å²) >= 11 is 1.84. The Morgan fingerprint density at radius 1 is 1.57 bits per heavy atom.